The molecule has 1 N–H and O–H groups in total. The molecule has 0 spiro atoms. The van der Waals surface area contributed by atoms with E-state index in [1.807, 2.05) is 66.7 Å². The molecular formula is C26H30N2O. The second kappa shape index (κ2) is 8.91. The average molecular weight is 387 g/mol. The van der Waals surface area contributed by atoms with Crippen LogP contribution >= 0.6 is 0 Å². The highest BCUT2D eigenvalue weighted by molar-refractivity contribution is 5.41. The Labute approximate surface area is 174 Å². The van der Waals surface area contributed by atoms with Gasteiger partial charge in [-0.15, -0.1) is 0 Å². The Balaban J connectivity index is 1.85. The minimum atomic E-state index is -1.14. The van der Waals surface area contributed by atoms with Crippen molar-refractivity contribution in [2.75, 3.05) is 32.7 Å². The standard InChI is InChI=1S/C26H30N2O/c1-2-27-18-20-28(21-19-27)25(22-12-6-3-7-13-22)26(29,23-14-8-4-9-15-23)24-16-10-5-11-17-24/h3-17,25,29H,2,18-21H2,1H3/t25-/m1/s1. The summed E-state index contributed by atoms with van der Waals surface area (Å²) in [7, 11) is 0. The van der Waals surface area contributed by atoms with E-state index in [0.717, 1.165) is 49.4 Å². The average Bonchev–Trinajstić information content (AvgIpc) is 2.81. The van der Waals surface area contributed by atoms with Gasteiger partial charge in [0.05, 0.1) is 6.04 Å². The third-order valence-corrected chi connectivity index (χ3v) is 6.16. The Kier molecular flexibility index (Phi) is 6.10. The maximum absolute atomic E-state index is 12.5. The lowest BCUT2D eigenvalue weighted by molar-refractivity contribution is -0.0391. The van der Waals surface area contributed by atoms with E-state index in [2.05, 4.69) is 41.0 Å². The Bertz CT molecular complexity index is 835. The molecule has 1 atom stereocenters. The molecule has 150 valence electrons. The first-order valence-electron chi connectivity index (χ1n) is 10.6. The minimum absolute atomic E-state index is 0.160. The van der Waals surface area contributed by atoms with Crippen LogP contribution in [0.5, 0.6) is 0 Å². The van der Waals surface area contributed by atoms with Crippen LogP contribution in [0, 0.1) is 0 Å². The molecule has 3 heteroatoms. The van der Waals surface area contributed by atoms with E-state index in [-0.39, 0.29) is 6.04 Å². The van der Waals surface area contributed by atoms with Gasteiger partial charge in [-0.1, -0.05) is 97.9 Å². The third kappa shape index (κ3) is 3.99. The third-order valence-electron chi connectivity index (χ3n) is 6.16. The number of piperazine rings is 1. The fourth-order valence-electron chi connectivity index (χ4n) is 4.56. The summed E-state index contributed by atoms with van der Waals surface area (Å²) in [5.74, 6) is 0. The van der Waals surface area contributed by atoms with E-state index in [1.54, 1.807) is 0 Å². The molecular weight excluding hydrogens is 356 g/mol. The summed E-state index contributed by atoms with van der Waals surface area (Å²) in [5.41, 5.74) is 1.86. The van der Waals surface area contributed by atoms with Crippen LogP contribution in [0.15, 0.2) is 91.0 Å². The molecule has 0 amide bonds. The molecule has 1 fully saturated rings. The van der Waals surface area contributed by atoms with Crippen molar-refractivity contribution in [1.82, 2.24) is 9.80 Å². The van der Waals surface area contributed by atoms with Crippen molar-refractivity contribution >= 4 is 0 Å². The maximum atomic E-state index is 12.5. The van der Waals surface area contributed by atoms with Gasteiger partial charge in [0.15, 0.2) is 0 Å². The predicted octanol–water partition coefficient (Wildman–Crippen LogP) is 4.30. The van der Waals surface area contributed by atoms with Gasteiger partial charge in [-0.25, -0.2) is 0 Å². The van der Waals surface area contributed by atoms with Crippen LogP contribution in [0.4, 0.5) is 0 Å². The van der Waals surface area contributed by atoms with Gasteiger partial charge in [-0.2, -0.15) is 0 Å². The molecule has 0 radical (unpaired) electrons. The monoisotopic (exact) mass is 386 g/mol. The summed E-state index contributed by atoms with van der Waals surface area (Å²) in [6.07, 6.45) is 0. The van der Waals surface area contributed by atoms with Gasteiger partial charge in [-0.05, 0) is 23.2 Å². The second-order valence-electron chi connectivity index (χ2n) is 7.78. The van der Waals surface area contributed by atoms with Crippen LogP contribution in [-0.2, 0) is 5.60 Å². The summed E-state index contributed by atoms with van der Waals surface area (Å²) < 4.78 is 0. The minimum Gasteiger partial charge on any atom is -0.378 e. The van der Waals surface area contributed by atoms with Crippen LogP contribution in [0.3, 0.4) is 0 Å². The summed E-state index contributed by atoms with van der Waals surface area (Å²) in [4.78, 5) is 4.93. The SMILES string of the molecule is CCN1CCN([C@H](c2ccccc2)C(O)(c2ccccc2)c2ccccc2)CC1. The molecule has 29 heavy (non-hydrogen) atoms. The van der Waals surface area contributed by atoms with E-state index < -0.39 is 5.60 Å². The number of hydrogen-bond acceptors (Lipinski definition) is 3. The van der Waals surface area contributed by atoms with Crippen molar-refractivity contribution in [3.05, 3.63) is 108 Å². The summed E-state index contributed by atoms with van der Waals surface area (Å²) in [5, 5.41) is 12.5. The van der Waals surface area contributed by atoms with E-state index in [0.29, 0.717) is 0 Å². The molecule has 1 saturated heterocycles. The van der Waals surface area contributed by atoms with Gasteiger partial charge in [0.25, 0.3) is 0 Å². The van der Waals surface area contributed by atoms with Crippen molar-refractivity contribution in [2.24, 2.45) is 0 Å². The number of hydrogen-bond donors (Lipinski definition) is 1. The van der Waals surface area contributed by atoms with Gasteiger partial charge >= 0.3 is 0 Å². The molecule has 3 aromatic rings. The highest BCUT2D eigenvalue weighted by atomic mass is 16.3. The zero-order valence-electron chi connectivity index (χ0n) is 17.1. The Hall–Kier alpha value is -2.46. The number of likely N-dealkylation sites (N-methyl/N-ethyl adjacent to an activating group) is 1. The van der Waals surface area contributed by atoms with Gasteiger partial charge in [0.1, 0.15) is 5.60 Å². The van der Waals surface area contributed by atoms with E-state index in [4.69, 9.17) is 0 Å². The molecule has 0 aromatic heterocycles. The molecule has 1 aliphatic heterocycles. The molecule has 1 aliphatic rings. The molecule has 3 aromatic carbocycles. The second-order valence-corrected chi connectivity index (χ2v) is 7.78. The Morgan fingerprint density at radius 1 is 0.724 bits per heavy atom. The van der Waals surface area contributed by atoms with Crippen LogP contribution in [0.1, 0.15) is 29.7 Å². The van der Waals surface area contributed by atoms with Gasteiger partial charge in [0.2, 0.25) is 0 Å². The lowest BCUT2D eigenvalue weighted by Crippen LogP contribution is -2.53. The molecule has 0 bridgehead atoms. The van der Waals surface area contributed by atoms with Crippen molar-refractivity contribution in [3.8, 4) is 0 Å². The van der Waals surface area contributed by atoms with E-state index in [1.165, 1.54) is 0 Å². The zero-order valence-corrected chi connectivity index (χ0v) is 17.1. The normalized spacial score (nSPS) is 17.2. The molecule has 3 nitrogen and oxygen atoms in total. The van der Waals surface area contributed by atoms with Gasteiger partial charge in [-0.3, -0.25) is 4.90 Å². The number of nitrogens with zero attached hydrogens (tertiary/aromatic N) is 2. The molecule has 0 aliphatic carbocycles. The molecule has 0 saturated carbocycles. The first kappa shape index (κ1) is 19.8. The van der Waals surface area contributed by atoms with Crippen LogP contribution in [0.25, 0.3) is 0 Å². The summed E-state index contributed by atoms with van der Waals surface area (Å²) in [6.45, 7) is 7.23. The first-order valence-corrected chi connectivity index (χ1v) is 10.6. The largest absolute Gasteiger partial charge is 0.378 e. The van der Waals surface area contributed by atoms with Gasteiger partial charge in [0, 0.05) is 26.2 Å². The quantitative estimate of drug-likeness (QED) is 0.684. The molecule has 4 rings (SSSR count). The molecule has 0 unspecified atom stereocenters. The smallest absolute Gasteiger partial charge is 0.134 e. The highest BCUT2D eigenvalue weighted by Gasteiger charge is 2.44. The fourth-order valence-corrected chi connectivity index (χ4v) is 4.56. The predicted molar refractivity (Wildman–Crippen MR) is 119 cm³/mol. The fraction of sp³-hybridized carbons (Fsp3) is 0.308. The Morgan fingerprint density at radius 3 is 1.62 bits per heavy atom. The van der Waals surface area contributed by atoms with Crippen molar-refractivity contribution < 1.29 is 5.11 Å². The van der Waals surface area contributed by atoms with Crippen molar-refractivity contribution in [3.63, 3.8) is 0 Å². The number of benzene rings is 3. The van der Waals surface area contributed by atoms with Crippen molar-refractivity contribution in [1.29, 1.82) is 0 Å². The van der Waals surface area contributed by atoms with E-state index >= 15 is 0 Å². The first-order chi connectivity index (χ1) is 14.2. The lowest BCUT2D eigenvalue weighted by Gasteiger charge is -2.47. The topological polar surface area (TPSA) is 26.7 Å². The summed E-state index contributed by atoms with van der Waals surface area (Å²) >= 11 is 0. The summed E-state index contributed by atoms with van der Waals surface area (Å²) in [6, 6.07) is 30.6. The Morgan fingerprint density at radius 2 is 1.17 bits per heavy atom. The number of rotatable bonds is 6. The maximum Gasteiger partial charge on any atom is 0.134 e. The van der Waals surface area contributed by atoms with Gasteiger partial charge < -0.3 is 10.0 Å². The number of aliphatic hydroxyl groups is 1. The van der Waals surface area contributed by atoms with Crippen LogP contribution < -0.4 is 0 Å². The lowest BCUT2D eigenvalue weighted by atomic mass is 9.76. The van der Waals surface area contributed by atoms with Crippen LogP contribution in [0.2, 0.25) is 0 Å². The van der Waals surface area contributed by atoms with E-state index in [9.17, 15) is 5.11 Å². The highest BCUT2D eigenvalue weighted by Crippen LogP contribution is 2.44. The molecule has 1 heterocycles. The zero-order chi connectivity index (χ0) is 20.1. The van der Waals surface area contributed by atoms with Crippen LogP contribution in [-0.4, -0.2) is 47.6 Å². The van der Waals surface area contributed by atoms with Crippen molar-refractivity contribution in [2.45, 2.75) is 18.6 Å².